The van der Waals surface area contributed by atoms with Gasteiger partial charge in [0, 0.05) is 22.4 Å². The highest BCUT2D eigenvalue weighted by molar-refractivity contribution is 8.01. The van der Waals surface area contributed by atoms with Gasteiger partial charge in [-0.05, 0) is 62.1 Å². The lowest BCUT2D eigenvalue weighted by Crippen LogP contribution is -2.42. The molecule has 1 aromatic rings. The summed E-state index contributed by atoms with van der Waals surface area (Å²) in [5, 5.41) is 6.22. The molecule has 5 atom stereocenters. The highest BCUT2D eigenvalue weighted by Crippen LogP contribution is 2.49. The molecule has 2 fully saturated rings. The summed E-state index contributed by atoms with van der Waals surface area (Å²) in [6.45, 7) is 2.12. The third-order valence-corrected chi connectivity index (χ3v) is 7.47. The summed E-state index contributed by atoms with van der Waals surface area (Å²) < 4.78 is 0. The Bertz CT molecular complexity index is 711. The first-order valence-electron chi connectivity index (χ1n) is 9.06. The van der Waals surface area contributed by atoms with Gasteiger partial charge >= 0.3 is 0 Å². The van der Waals surface area contributed by atoms with Crippen molar-refractivity contribution in [2.45, 2.75) is 55.2 Å². The zero-order valence-electron chi connectivity index (χ0n) is 14.3. The van der Waals surface area contributed by atoms with Crippen LogP contribution in [-0.2, 0) is 9.59 Å². The van der Waals surface area contributed by atoms with Crippen molar-refractivity contribution in [3.63, 3.8) is 0 Å². The van der Waals surface area contributed by atoms with E-state index in [9.17, 15) is 9.59 Å². The van der Waals surface area contributed by atoms with E-state index >= 15 is 0 Å². The molecule has 6 heteroatoms. The third kappa shape index (κ3) is 3.54. The standard InChI is InChI=1S/C19H23ClN2O2S/c1-10(14-7-11-2-3-12(14)6-11)21-18(23)9-17-19(24)22-15-8-13(20)4-5-16(15)25-17/h4-5,8,10-12,14,17H,2-3,6-7,9H2,1H3,(H,21,23)(H,22,24)/t10-,11-,12-,14+,17+/m0/s1. The van der Waals surface area contributed by atoms with Gasteiger partial charge in [-0.3, -0.25) is 9.59 Å². The highest BCUT2D eigenvalue weighted by atomic mass is 35.5. The van der Waals surface area contributed by atoms with Crippen molar-refractivity contribution in [1.29, 1.82) is 0 Å². The number of amides is 2. The van der Waals surface area contributed by atoms with Crippen molar-refractivity contribution >= 4 is 40.9 Å². The molecule has 0 radical (unpaired) electrons. The van der Waals surface area contributed by atoms with Gasteiger partial charge < -0.3 is 10.6 Å². The molecule has 0 spiro atoms. The molecule has 2 amide bonds. The molecule has 25 heavy (non-hydrogen) atoms. The maximum Gasteiger partial charge on any atom is 0.238 e. The minimum absolute atomic E-state index is 0.0275. The number of carbonyl (C=O) groups excluding carboxylic acids is 2. The SMILES string of the molecule is C[C@H](NC(=O)C[C@H]1Sc2ccc(Cl)cc2NC1=O)[C@H]1C[C@H]2CC[C@H]1C2. The van der Waals surface area contributed by atoms with Crippen LogP contribution in [-0.4, -0.2) is 23.1 Å². The molecule has 3 aliphatic rings. The van der Waals surface area contributed by atoms with Crippen LogP contribution >= 0.6 is 23.4 Å². The summed E-state index contributed by atoms with van der Waals surface area (Å²) in [5.41, 5.74) is 0.731. The Hall–Kier alpha value is -1.20. The van der Waals surface area contributed by atoms with Gasteiger partial charge in [-0.25, -0.2) is 0 Å². The number of nitrogens with one attached hydrogen (secondary N) is 2. The van der Waals surface area contributed by atoms with Crippen LogP contribution in [0.15, 0.2) is 23.1 Å². The summed E-state index contributed by atoms with van der Waals surface area (Å²) in [6, 6.07) is 5.64. The van der Waals surface area contributed by atoms with Gasteiger partial charge in [0.05, 0.1) is 10.9 Å². The quantitative estimate of drug-likeness (QED) is 0.829. The van der Waals surface area contributed by atoms with Crippen molar-refractivity contribution < 1.29 is 9.59 Å². The van der Waals surface area contributed by atoms with Crippen molar-refractivity contribution in [1.82, 2.24) is 5.32 Å². The largest absolute Gasteiger partial charge is 0.353 e. The van der Waals surface area contributed by atoms with Crippen LogP contribution in [0.3, 0.4) is 0 Å². The number of rotatable bonds is 4. The van der Waals surface area contributed by atoms with Crippen LogP contribution in [0.4, 0.5) is 5.69 Å². The lowest BCUT2D eigenvalue weighted by atomic mass is 9.84. The summed E-state index contributed by atoms with van der Waals surface area (Å²) in [4.78, 5) is 25.7. The molecule has 0 unspecified atom stereocenters. The molecule has 4 rings (SSSR count). The summed E-state index contributed by atoms with van der Waals surface area (Å²) >= 11 is 7.41. The molecule has 2 aliphatic carbocycles. The fraction of sp³-hybridized carbons (Fsp3) is 0.579. The minimum atomic E-state index is -0.388. The number of halogens is 1. The van der Waals surface area contributed by atoms with Crippen LogP contribution in [0.1, 0.15) is 39.0 Å². The number of hydrogen-bond donors (Lipinski definition) is 2. The first kappa shape index (κ1) is 17.2. The van der Waals surface area contributed by atoms with E-state index in [4.69, 9.17) is 11.6 Å². The van der Waals surface area contributed by atoms with Crippen molar-refractivity contribution in [2.75, 3.05) is 5.32 Å². The molecule has 2 saturated carbocycles. The van der Waals surface area contributed by atoms with E-state index in [0.29, 0.717) is 10.9 Å². The molecule has 4 nitrogen and oxygen atoms in total. The van der Waals surface area contributed by atoms with E-state index in [0.717, 1.165) is 22.4 Å². The van der Waals surface area contributed by atoms with E-state index in [2.05, 4.69) is 17.6 Å². The van der Waals surface area contributed by atoms with Crippen LogP contribution < -0.4 is 10.6 Å². The van der Waals surface area contributed by atoms with Gasteiger partial charge in [-0.1, -0.05) is 18.0 Å². The normalized spacial score (nSPS) is 31.4. The van der Waals surface area contributed by atoms with Gasteiger partial charge in [0.1, 0.15) is 0 Å². The second kappa shape index (κ2) is 6.84. The fourth-order valence-corrected chi connectivity index (χ4v) is 6.01. The Balaban J connectivity index is 1.34. The van der Waals surface area contributed by atoms with Crippen LogP contribution in [0.25, 0.3) is 0 Å². The number of hydrogen-bond acceptors (Lipinski definition) is 3. The number of benzene rings is 1. The van der Waals surface area contributed by atoms with E-state index in [-0.39, 0.29) is 29.5 Å². The molecule has 2 N–H and O–H groups in total. The average molecular weight is 379 g/mol. The molecular weight excluding hydrogens is 356 g/mol. The zero-order valence-corrected chi connectivity index (χ0v) is 15.8. The van der Waals surface area contributed by atoms with E-state index in [1.54, 1.807) is 12.1 Å². The topological polar surface area (TPSA) is 58.2 Å². The number of thioether (sulfide) groups is 1. The minimum Gasteiger partial charge on any atom is -0.353 e. The Morgan fingerprint density at radius 3 is 2.96 bits per heavy atom. The molecule has 1 heterocycles. The van der Waals surface area contributed by atoms with Gasteiger partial charge in [0.25, 0.3) is 0 Å². The summed E-state index contributed by atoms with van der Waals surface area (Å²) in [5.74, 6) is 2.11. The second-order valence-electron chi connectivity index (χ2n) is 7.64. The van der Waals surface area contributed by atoms with Crippen LogP contribution in [0.5, 0.6) is 0 Å². The maximum atomic E-state index is 12.5. The van der Waals surface area contributed by atoms with Crippen LogP contribution in [0, 0.1) is 17.8 Å². The van der Waals surface area contributed by atoms with Gasteiger partial charge in [0.15, 0.2) is 0 Å². The Morgan fingerprint density at radius 1 is 1.40 bits per heavy atom. The van der Waals surface area contributed by atoms with Crippen LogP contribution in [0.2, 0.25) is 5.02 Å². The highest BCUT2D eigenvalue weighted by Gasteiger charge is 2.42. The lowest BCUT2D eigenvalue weighted by Gasteiger charge is -2.29. The molecule has 0 saturated heterocycles. The van der Waals surface area contributed by atoms with Crippen molar-refractivity contribution in [3.8, 4) is 0 Å². The van der Waals surface area contributed by atoms with E-state index in [1.807, 2.05) is 6.07 Å². The Labute approximate surface area is 157 Å². The van der Waals surface area contributed by atoms with E-state index in [1.165, 1.54) is 37.4 Å². The second-order valence-corrected chi connectivity index (χ2v) is 9.32. The summed E-state index contributed by atoms with van der Waals surface area (Å²) in [6.07, 6.45) is 5.48. The number of fused-ring (bicyclic) bond motifs is 3. The van der Waals surface area contributed by atoms with Crippen molar-refractivity contribution in [2.24, 2.45) is 17.8 Å². The lowest BCUT2D eigenvalue weighted by molar-refractivity contribution is -0.124. The molecular formula is C19H23ClN2O2S. The molecule has 1 aliphatic heterocycles. The third-order valence-electron chi connectivity index (χ3n) is 5.96. The first-order valence-corrected chi connectivity index (χ1v) is 10.3. The van der Waals surface area contributed by atoms with Gasteiger partial charge in [-0.15, -0.1) is 11.8 Å². The average Bonchev–Trinajstić information content (AvgIpc) is 3.19. The monoisotopic (exact) mass is 378 g/mol. The van der Waals surface area contributed by atoms with E-state index < -0.39 is 0 Å². The predicted molar refractivity (Wildman–Crippen MR) is 101 cm³/mol. The van der Waals surface area contributed by atoms with Gasteiger partial charge in [-0.2, -0.15) is 0 Å². The predicted octanol–water partition coefficient (Wildman–Crippen LogP) is 4.08. The molecule has 134 valence electrons. The maximum absolute atomic E-state index is 12.5. The molecule has 1 aromatic carbocycles. The number of anilines is 1. The first-order chi connectivity index (χ1) is 12.0. The van der Waals surface area contributed by atoms with Crippen molar-refractivity contribution in [3.05, 3.63) is 23.2 Å². The fourth-order valence-electron chi connectivity index (χ4n) is 4.75. The van der Waals surface area contributed by atoms with Gasteiger partial charge in [0.2, 0.25) is 11.8 Å². The molecule has 0 aromatic heterocycles. The zero-order chi connectivity index (χ0) is 17.6. The smallest absolute Gasteiger partial charge is 0.238 e. The Morgan fingerprint density at radius 2 is 2.24 bits per heavy atom. The molecule has 2 bridgehead atoms. The Kier molecular flexibility index (Phi) is 4.71. The summed E-state index contributed by atoms with van der Waals surface area (Å²) in [7, 11) is 0. The number of carbonyl (C=O) groups is 2.